The van der Waals surface area contributed by atoms with E-state index in [1.54, 1.807) is 6.20 Å². The Bertz CT molecular complexity index is 578. The fraction of sp³-hybridized carbons (Fsp3) is 0.286. The molecule has 1 aromatic heterocycles. The van der Waals surface area contributed by atoms with E-state index < -0.39 is 0 Å². The molecule has 0 saturated heterocycles. The van der Waals surface area contributed by atoms with Crippen LogP contribution in [0.5, 0.6) is 0 Å². The van der Waals surface area contributed by atoms with Crippen molar-refractivity contribution in [3.05, 3.63) is 54.1 Å². The molecule has 2 heterocycles. The largest absolute Gasteiger partial charge is 0.331 e. The van der Waals surface area contributed by atoms with Crippen LogP contribution in [0.15, 0.2) is 42.7 Å². The quantitative estimate of drug-likeness (QED) is 0.869. The van der Waals surface area contributed by atoms with E-state index in [2.05, 4.69) is 9.55 Å². The third kappa shape index (κ3) is 2.13. The number of benzene rings is 1. The van der Waals surface area contributed by atoms with Crippen molar-refractivity contribution in [1.82, 2.24) is 14.5 Å². The summed E-state index contributed by atoms with van der Waals surface area (Å²) < 4.78 is 2.10. The van der Waals surface area contributed by atoms with Crippen LogP contribution in [0, 0.1) is 0 Å². The number of nitrogens with zero attached hydrogens (tertiary/aromatic N) is 3. The normalized spacial score (nSPS) is 18.2. The van der Waals surface area contributed by atoms with Gasteiger partial charge in [0, 0.05) is 18.9 Å². The highest BCUT2D eigenvalue weighted by atomic mass is 16.2. The molecule has 5 nitrogen and oxygen atoms in total. The number of rotatable bonds is 2. The Morgan fingerprint density at radius 2 is 2.16 bits per heavy atom. The smallest absolute Gasteiger partial charge is 0.237 e. The SMILES string of the molecule is NCC(=O)N1Cc2nccn2C[C@H]1c1ccccc1. The van der Waals surface area contributed by atoms with Gasteiger partial charge in [0.05, 0.1) is 19.1 Å². The van der Waals surface area contributed by atoms with Crippen molar-refractivity contribution in [3.8, 4) is 0 Å². The second kappa shape index (κ2) is 4.85. The number of imidazole rings is 1. The van der Waals surface area contributed by atoms with Crippen LogP contribution in [-0.2, 0) is 17.9 Å². The first-order valence-corrected chi connectivity index (χ1v) is 6.34. The fourth-order valence-corrected chi connectivity index (χ4v) is 2.55. The highest BCUT2D eigenvalue weighted by molar-refractivity contribution is 5.78. The van der Waals surface area contributed by atoms with Crippen molar-refractivity contribution in [2.24, 2.45) is 5.73 Å². The molecule has 0 aliphatic carbocycles. The molecule has 2 aromatic rings. The fourth-order valence-electron chi connectivity index (χ4n) is 2.55. The highest BCUT2D eigenvalue weighted by Gasteiger charge is 2.30. The van der Waals surface area contributed by atoms with Crippen LogP contribution < -0.4 is 5.73 Å². The zero-order chi connectivity index (χ0) is 13.2. The van der Waals surface area contributed by atoms with Gasteiger partial charge in [-0.15, -0.1) is 0 Å². The van der Waals surface area contributed by atoms with Crippen molar-refractivity contribution < 1.29 is 4.79 Å². The maximum absolute atomic E-state index is 12.0. The number of nitrogens with two attached hydrogens (primary N) is 1. The lowest BCUT2D eigenvalue weighted by molar-refractivity contribution is -0.134. The molecular formula is C14H16N4O. The third-order valence-electron chi connectivity index (χ3n) is 3.54. The van der Waals surface area contributed by atoms with Crippen LogP contribution >= 0.6 is 0 Å². The topological polar surface area (TPSA) is 64.2 Å². The second-order valence-corrected chi connectivity index (χ2v) is 4.65. The van der Waals surface area contributed by atoms with Gasteiger partial charge in [-0.05, 0) is 5.56 Å². The molecule has 0 radical (unpaired) electrons. The summed E-state index contributed by atoms with van der Waals surface area (Å²) in [7, 11) is 0. The molecule has 1 atom stereocenters. The Morgan fingerprint density at radius 1 is 1.37 bits per heavy atom. The minimum Gasteiger partial charge on any atom is -0.331 e. The molecule has 1 amide bonds. The summed E-state index contributed by atoms with van der Waals surface area (Å²) in [4.78, 5) is 18.1. The first-order chi connectivity index (χ1) is 9.29. The van der Waals surface area contributed by atoms with E-state index in [4.69, 9.17) is 5.73 Å². The standard InChI is InChI=1S/C14H16N4O/c15-8-14(19)18-10-13-16-6-7-17(13)9-12(18)11-4-2-1-3-5-11/h1-7,12H,8-10,15H2/t12-/m0/s1. The summed E-state index contributed by atoms with van der Waals surface area (Å²) in [6.45, 7) is 1.28. The van der Waals surface area contributed by atoms with Gasteiger partial charge in [-0.2, -0.15) is 0 Å². The van der Waals surface area contributed by atoms with Gasteiger partial charge in [0.25, 0.3) is 0 Å². The molecule has 1 aliphatic heterocycles. The van der Waals surface area contributed by atoms with Gasteiger partial charge < -0.3 is 15.2 Å². The monoisotopic (exact) mass is 256 g/mol. The van der Waals surface area contributed by atoms with Gasteiger partial charge in [0.2, 0.25) is 5.91 Å². The molecular weight excluding hydrogens is 240 g/mol. The molecule has 0 spiro atoms. The van der Waals surface area contributed by atoms with Crippen molar-refractivity contribution >= 4 is 5.91 Å². The highest BCUT2D eigenvalue weighted by Crippen LogP contribution is 2.28. The van der Waals surface area contributed by atoms with Gasteiger partial charge in [-0.25, -0.2) is 4.98 Å². The summed E-state index contributed by atoms with van der Waals surface area (Å²) in [5.74, 6) is 0.872. The second-order valence-electron chi connectivity index (χ2n) is 4.65. The molecule has 1 aromatic carbocycles. The van der Waals surface area contributed by atoms with Crippen molar-refractivity contribution in [1.29, 1.82) is 0 Å². The van der Waals surface area contributed by atoms with Crippen LogP contribution in [0.1, 0.15) is 17.4 Å². The van der Waals surface area contributed by atoms with Crippen LogP contribution in [0.4, 0.5) is 0 Å². The molecule has 3 rings (SSSR count). The van der Waals surface area contributed by atoms with Crippen molar-refractivity contribution in [3.63, 3.8) is 0 Å². The van der Waals surface area contributed by atoms with E-state index in [9.17, 15) is 4.79 Å². The molecule has 0 bridgehead atoms. The van der Waals surface area contributed by atoms with E-state index in [0.717, 1.165) is 17.9 Å². The molecule has 2 N–H and O–H groups in total. The Morgan fingerprint density at radius 3 is 2.89 bits per heavy atom. The summed E-state index contributed by atoms with van der Waals surface area (Å²) in [5, 5.41) is 0. The van der Waals surface area contributed by atoms with E-state index in [0.29, 0.717) is 6.54 Å². The number of hydrogen-bond donors (Lipinski definition) is 1. The molecule has 19 heavy (non-hydrogen) atoms. The Labute approximate surface area is 111 Å². The molecule has 0 saturated carbocycles. The minimum absolute atomic E-state index is 0.0268. The first kappa shape index (κ1) is 11.9. The number of aromatic nitrogens is 2. The Balaban J connectivity index is 1.98. The summed E-state index contributed by atoms with van der Waals surface area (Å²) in [6, 6.07) is 10.1. The third-order valence-corrected chi connectivity index (χ3v) is 3.54. The van der Waals surface area contributed by atoms with Gasteiger partial charge in [-0.3, -0.25) is 4.79 Å². The van der Waals surface area contributed by atoms with Gasteiger partial charge in [0.1, 0.15) is 5.82 Å². The van der Waals surface area contributed by atoms with Crippen molar-refractivity contribution in [2.45, 2.75) is 19.1 Å². The van der Waals surface area contributed by atoms with Gasteiger partial charge >= 0.3 is 0 Å². The van der Waals surface area contributed by atoms with E-state index >= 15 is 0 Å². The number of amides is 1. The number of carbonyl (C=O) groups is 1. The maximum atomic E-state index is 12.0. The van der Waals surface area contributed by atoms with Crippen LogP contribution in [0.3, 0.4) is 0 Å². The van der Waals surface area contributed by atoms with Crippen LogP contribution in [0.2, 0.25) is 0 Å². The van der Waals surface area contributed by atoms with E-state index in [-0.39, 0.29) is 18.5 Å². The van der Waals surface area contributed by atoms with Crippen LogP contribution in [-0.4, -0.2) is 26.9 Å². The van der Waals surface area contributed by atoms with E-state index in [1.165, 1.54) is 0 Å². The molecule has 98 valence electrons. The summed E-state index contributed by atoms with van der Waals surface area (Å²) in [6.07, 6.45) is 3.73. The van der Waals surface area contributed by atoms with Crippen molar-refractivity contribution in [2.75, 3.05) is 6.54 Å². The zero-order valence-electron chi connectivity index (χ0n) is 10.6. The summed E-state index contributed by atoms with van der Waals surface area (Å²) in [5.41, 5.74) is 6.65. The molecule has 0 fully saturated rings. The molecule has 1 aliphatic rings. The first-order valence-electron chi connectivity index (χ1n) is 6.34. The van der Waals surface area contributed by atoms with Gasteiger partial charge in [-0.1, -0.05) is 30.3 Å². The van der Waals surface area contributed by atoms with Crippen LogP contribution in [0.25, 0.3) is 0 Å². The zero-order valence-corrected chi connectivity index (χ0v) is 10.6. The predicted molar refractivity (Wildman–Crippen MR) is 71.0 cm³/mol. The molecule has 0 unspecified atom stereocenters. The Kier molecular flexibility index (Phi) is 3.05. The average molecular weight is 256 g/mol. The number of carbonyl (C=O) groups excluding carboxylic acids is 1. The number of hydrogen-bond acceptors (Lipinski definition) is 3. The van der Waals surface area contributed by atoms with Gasteiger partial charge in [0.15, 0.2) is 0 Å². The summed E-state index contributed by atoms with van der Waals surface area (Å²) >= 11 is 0. The lowest BCUT2D eigenvalue weighted by Gasteiger charge is -2.36. The lowest BCUT2D eigenvalue weighted by Crippen LogP contribution is -2.43. The average Bonchev–Trinajstić information content (AvgIpc) is 2.93. The predicted octanol–water partition coefficient (Wildman–Crippen LogP) is 0.925. The molecule has 5 heteroatoms. The lowest BCUT2D eigenvalue weighted by atomic mass is 10.0. The van der Waals surface area contributed by atoms with E-state index in [1.807, 2.05) is 41.4 Å². The minimum atomic E-state index is -0.0388. The Hall–Kier alpha value is -2.14. The number of fused-ring (bicyclic) bond motifs is 1. The maximum Gasteiger partial charge on any atom is 0.237 e.